The molecule has 28 heavy (non-hydrogen) atoms. The maximum absolute atomic E-state index is 13.8. The van der Waals surface area contributed by atoms with Gasteiger partial charge in [0.15, 0.2) is 0 Å². The van der Waals surface area contributed by atoms with Crippen molar-refractivity contribution in [1.29, 1.82) is 5.26 Å². The minimum Gasteiger partial charge on any atom is -0.340 e. The first-order valence-corrected chi connectivity index (χ1v) is 8.76. The molecule has 0 saturated carbocycles. The molecule has 1 aromatic carbocycles. The summed E-state index contributed by atoms with van der Waals surface area (Å²) in [5, 5.41) is 8.91. The Morgan fingerprint density at radius 3 is 2.79 bits per heavy atom. The molecule has 0 aliphatic carbocycles. The van der Waals surface area contributed by atoms with Crippen molar-refractivity contribution in [2.45, 2.75) is 24.9 Å². The van der Waals surface area contributed by atoms with E-state index in [2.05, 4.69) is 9.97 Å². The van der Waals surface area contributed by atoms with E-state index in [1.54, 1.807) is 27.7 Å². The van der Waals surface area contributed by atoms with Gasteiger partial charge >= 0.3 is 0 Å². The summed E-state index contributed by atoms with van der Waals surface area (Å²) in [6, 6.07) is 8.30. The Morgan fingerprint density at radius 1 is 1.29 bits per heavy atom. The lowest BCUT2D eigenvalue weighted by Crippen LogP contribution is -2.55. The second-order valence-corrected chi connectivity index (χ2v) is 6.84. The monoisotopic (exact) mass is 386 g/mol. The molecule has 0 spiro atoms. The van der Waals surface area contributed by atoms with Crippen molar-refractivity contribution >= 4 is 17.0 Å². The summed E-state index contributed by atoms with van der Waals surface area (Å²) in [4.78, 5) is 10.4. The van der Waals surface area contributed by atoms with E-state index in [1.807, 2.05) is 6.07 Å². The zero-order valence-corrected chi connectivity index (χ0v) is 14.8. The maximum Gasteiger partial charge on any atom is 0.266 e. The molecule has 1 aliphatic heterocycles. The summed E-state index contributed by atoms with van der Waals surface area (Å²) in [5.74, 6) is -2.91. The van der Waals surface area contributed by atoms with Crippen molar-refractivity contribution in [3.05, 3.63) is 53.6 Å². The number of rotatable bonds is 3. The number of pyridine rings is 1. The molecule has 3 aromatic rings. The van der Waals surface area contributed by atoms with Crippen molar-refractivity contribution in [2.24, 2.45) is 5.73 Å². The maximum atomic E-state index is 13.8. The lowest BCUT2D eigenvalue weighted by atomic mass is 10.0. The van der Waals surface area contributed by atoms with E-state index >= 15 is 0 Å². The van der Waals surface area contributed by atoms with Crippen LogP contribution in [0.1, 0.15) is 17.7 Å². The van der Waals surface area contributed by atoms with E-state index in [0.717, 1.165) is 0 Å². The highest BCUT2D eigenvalue weighted by Gasteiger charge is 2.42. The first kappa shape index (κ1) is 18.3. The second-order valence-electron chi connectivity index (χ2n) is 6.84. The average Bonchev–Trinajstić information content (AvgIpc) is 3.02. The molecule has 1 unspecified atom stereocenters. The fourth-order valence-corrected chi connectivity index (χ4v) is 3.35. The van der Waals surface area contributed by atoms with E-state index in [4.69, 9.17) is 11.0 Å². The largest absolute Gasteiger partial charge is 0.340 e. The van der Waals surface area contributed by atoms with Gasteiger partial charge in [0.2, 0.25) is 5.95 Å². The number of halogens is 3. The van der Waals surface area contributed by atoms with Crippen LogP contribution in [0.5, 0.6) is 0 Å². The molecular weight excluding hydrogens is 369 g/mol. The number of nitrogens with two attached hydrogens (primary N) is 1. The highest BCUT2D eigenvalue weighted by molar-refractivity contribution is 5.79. The van der Waals surface area contributed by atoms with Crippen LogP contribution in [0.15, 0.2) is 36.5 Å². The normalized spacial score (nSPS) is 19.0. The average molecular weight is 386 g/mol. The molecule has 144 valence electrons. The van der Waals surface area contributed by atoms with E-state index < -0.39 is 17.8 Å². The van der Waals surface area contributed by atoms with Crippen LogP contribution >= 0.6 is 0 Å². The van der Waals surface area contributed by atoms with Gasteiger partial charge in [0.25, 0.3) is 5.92 Å². The van der Waals surface area contributed by atoms with Crippen LogP contribution in [-0.4, -0.2) is 39.6 Å². The Kier molecular flexibility index (Phi) is 4.43. The minimum atomic E-state index is -2.92. The number of nitriles is 1. The van der Waals surface area contributed by atoms with Crippen molar-refractivity contribution in [3.8, 4) is 6.07 Å². The van der Waals surface area contributed by atoms with Crippen LogP contribution in [0.2, 0.25) is 0 Å². The molecule has 9 heteroatoms. The third kappa shape index (κ3) is 3.27. The highest BCUT2D eigenvalue weighted by atomic mass is 19.3. The Labute approximate surface area is 159 Å². The molecule has 0 bridgehead atoms. The van der Waals surface area contributed by atoms with Crippen molar-refractivity contribution in [2.75, 3.05) is 18.0 Å². The van der Waals surface area contributed by atoms with Crippen LogP contribution in [0.25, 0.3) is 11.0 Å². The molecule has 0 radical (unpaired) electrons. The molecule has 0 amide bonds. The number of alkyl halides is 2. The number of hydrogen-bond acceptors (Lipinski definition) is 5. The Hall–Kier alpha value is -3.12. The Morgan fingerprint density at radius 2 is 2.11 bits per heavy atom. The van der Waals surface area contributed by atoms with Gasteiger partial charge in [-0.2, -0.15) is 5.26 Å². The van der Waals surface area contributed by atoms with Crippen LogP contribution < -0.4 is 10.6 Å². The fraction of sp³-hybridized carbons (Fsp3) is 0.316. The first-order valence-electron chi connectivity index (χ1n) is 8.76. The standard InChI is InChI=1S/C19H17F3N6/c20-13-2-4-16-15(7-13)26-18(27-6-5-19(21,22)17(24)11-27)28(16)10-14-3-1-12(8-23)9-25-14/h1-4,7,9,17H,5-6,10-11,24H2. The third-order valence-electron chi connectivity index (χ3n) is 4.92. The number of nitrogens with zero attached hydrogens (tertiary/aromatic N) is 5. The molecule has 4 rings (SSSR count). The number of fused-ring (bicyclic) bond motifs is 1. The van der Waals surface area contributed by atoms with Gasteiger partial charge in [0.05, 0.1) is 34.9 Å². The summed E-state index contributed by atoms with van der Waals surface area (Å²) < 4.78 is 43.1. The number of aromatic nitrogens is 3. The topological polar surface area (TPSA) is 83.8 Å². The summed E-state index contributed by atoms with van der Waals surface area (Å²) in [7, 11) is 0. The summed E-state index contributed by atoms with van der Waals surface area (Å²) in [6.07, 6.45) is 1.09. The van der Waals surface area contributed by atoms with E-state index in [9.17, 15) is 13.2 Å². The Balaban J connectivity index is 1.75. The van der Waals surface area contributed by atoms with Gasteiger partial charge in [-0.25, -0.2) is 18.2 Å². The van der Waals surface area contributed by atoms with E-state index in [0.29, 0.717) is 34.8 Å². The number of piperidine rings is 1. The molecule has 1 saturated heterocycles. The molecule has 3 heterocycles. The first-order chi connectivity index (χ1) is 13.4. The van der Waals surface area contributed by atoms with Crippen molar-refractivity contribution in [1.82, 2.24) is 14.5 Å². The van der Waals surface area contributed by atoms with Gasteiger partial charge in [-0.05, 0) is 24.3 Å². The van der Waals surface area contributed by atoms with E-state index in [1.165, 1.54) is 18.3 Å². The molecule has 1 atom stereocenters. The molecule has 1 aliphatic rings. The van der Waals surface area contributed by atoms with Gasteiger partial charge < -0.3 is 15.2 Å². The predicted molar refractivity (Wildman–Crippen MR) is 97.5 cm³/mol. The predicted octanol–water partition coefficient (Wildman–Crippen LogP) is 2.66. The SMILES string of the molecule is N#Cc1ccc(Cn2c(N3CCC(F)(F)C(N)C3)nc3cc(F)ccc32)nc1. The molecule has 2 N–H and O–H groups in total. The van der Waals surface area contributed by atoms with Gasteiger partial charge in [0.1, 0.15) is 11.9 Å². The molecule has 2 aromatic heterocycles. The smallest absolute Gasteiger partial charge is 0.266 e. The van der Waals surface area contributed by atoms with Gasteiger partial charge in [0, 0.05) is 31.8 Å². The highest BCUT2D eigenvalue weighted by Crippen LogP contribution is 2.31. The third-order valence-corrected chi connectivity index (χ3v) is 4.92. The minimum absolute atomic E-state index is 0.0559. The number of anilines is 1. The zero-order valence-electron chi connectivity index (χ0n) is 14.8. The summed E-state index contributed by atoms with van der Waals surface area (Å²) in [6.45, 7) is 0.332. The quantitative estimate of drug-likeness (QED) is 0.748. The van der Waals surface area contributed by atoms with Crippen LogP contribution in [-0.2, 0) is 6.54 Å². The van der Waals surface area contributed by atoms with Gasteiger partial charge in [-0.1, -0.05) is 0 Å². The van der Waals surface area contributed by atoms with Crippen LogP contribution in [0, 0.1) is 17.1 Å². The fourth-order valence-electron chi connectivity index (χ4n) is 3.35. The lowest BCUT2D eigenvalue weighted by Gasteiger charge is -2.37. The summed E-state index contributed by atoms with van der Waals surface area (Å²) >= 11 is 0. The number of benzene rings is 1. The molecule has 1 fully saturated rings. The number of hydrogen-bond donors (Lipinski definition) is 1. The van der Waals surface area contributed by atoms with Crippen LogP contribution in [0.4, 0.5) is 19.1 Å². The molecular formula is C19H17F3N6. The van der Waals surface area contributed by atoms with Gasteiger partial charge in [-0.3, -0.25) is 4.98 Å². The lowest BCUT2D eigenvalue weighted by molar-refractivity contribution is -0.0395. The van der Waals surface area contributed by atoms with Gasteiger partial charge in [-0.15, -0.1) is 0 Å². The van der Waals surface area contributed by atoms with Crippen molar-refractivity contribution < 1.29 is 13.2 Å². The van der Waals surface area contributed by atoms with Crippen LogP contribution in [0.3, 0.4) is 0 Å². The number of imidazole rings is 1. The summed E-state index contributed by atoms with van der Waals surface area (Å²) in [5.41, 5.74) is 7.85. The molecule has 6 nitrogen and oxygen atoms in total. The zero-order chi connectivity index (χ0) is 19.9. The second kappa shape index (κ2) is 6.80. The van der Waals surface area contributed by atoms with Crippen molar-refractivity contribution in [3.63, 3.8) is 0 Å². The van der Waals surface area contributed by atoms with E-state index in [-0.39, 0.29) is 19.5 Å². The Bertz CT molecular complexity index is 1050.